The first-order valence-electron chi connectivity index (χ1n) is 8.61. The van der Waals surface area contributed by atoms with E-state index in [0.717, 1.165) is 32.5 Å². The van der Waals surface area contributed by atoms with Gasteiger partial charge in [-0.2, -0.15) is 0 Å². The summed E-state index contributed by atoms with van der Waals surface area (Å²) in [4.78, 5) is 2.43. The minimum absolute atomic E-state index is 0.000456. The highest BCUT2D eigenvalue weighted by atomic mass is 32.2. The molecule has 0 amide bonds. The average molecular weight is 353 g/mol. The lowest BCUT2D eigenvalue weighted by atomic mass is 9.82. The molecular formula is C18H28N2O3S. The van der Waals surface area contributed by atoms with E-state index < -0.39 is 10.0 Å². The lowest BCUT2D eigenvalue weighted by Gasteiger charge is -2.53. The molecule has 0 aromatic heterocycles. The Morgan fingerprint density at radius 3 is 2.46 bits per heavy atom. The van der Waals surface area contributed by atoms with E-state index in [2.05, 4.69) is 41.7 Å². The van der Waals surface area contributed by atoms with E-state index in [9.17, 15) is 8.42 Å². The fraction of sp³-hybridized carbons (Fsp3) is 0.667. The second-order valence-corrected chi connectivity index (χ2v) is 9.49. The van der Waals surface area contributed by atoms with Crippen molar-refractivity contribution < 1.29 is 13.2 Å². The number of rotatable bonds is 5. The molecule has 5 nitrogen and oxygen atoms in total. The summed E-state index contributed by atoms with van der Waals surface area (Å²) in [6.45, 7) is 8.36. The smallest absolute Gasteiger partial charge is 0.208 e. The van der Waals surface area contributed by atoms with Crippen LogP contribution >= 0.6 is 0 Å². The Labute approximate surface area is 145 Å². The summed E-state index contributed by atoms with van der Waals surface area (Å²) < 4.78 is 31.1. The maximum Gasteiger partial charge on any atom is 0.208 e. The molecule has 1 N–H and O–H groups in total. The molecule has 1 aromatic rings. The van der Waals surface area contributed by atoms with Gasteiger partial charge in [0.25, 0.3) is 0 Å². The van der Waals surface area contributed by atoms with Gasteiger partial charge in [-0.25, -0.2) is 13.1 Å². The molecule has 3 rings (SSSR count). The van der Waals surface area contributed by atoms with Crippen LogP contribution < -0.4 is 4.72 Å². The van der Waals surface area contributed by atoms with Gasteiger partial charge in [-0.3, -0.25) is 4.90 Å². The van der Waals surface area contributed by atoms with Gasteiger partial charge in [-0.1, -0.05) is 29.3 Å². The van der Waals surface area contributed by atoms with E-state index in [1.807, 2.05) is 0 Å². The molecule has 0 radical (unpaired) electrons. The van der Waals surface area contributed by atoms with Crippen molar-refractivity contribution in [2.75, 3.05) is 32.5 Å². The Kier molecular flexibility index (Phi) is 5.02. The summed E-state index contributed by atoms with van der Waals surface area (Å²) in [5, 5.41) is 0. The molecule has 2 aliphatic rings. The summed E-state index contributed by atoms with van der Waals surface area (Å²) in [5.74, 6) is 0.291. The maximum absolute atomic E-state index is 11.2. The minimum Gasteiger partial charge on any atom is -0.372 e. The Morgan fingerprint density at radius 1 is 1.25 bits per heavy atom. The minimum atomic E-state index is -3.11. The first-order chi connectivity index (χ1) is 11.2. The maximum atomic E-state index is 11.2. The molecule has 2 fully saturated rings. The Balaban J connectivity index is 1.45. The van der Waals surface area contributed by atoms with Crippen molar-refractivity contribution in [2.45, 2.75) is 38.8 Å². The van der Waals surface area contributed by atoms with E-state index in [4.69, 9.17) is 4.74 Å². The van der Waals surface area contributed by atoms with Crippen LogP contribution in [0.3, 0.4) is 0 Å². The van der Waals surface area contributed by atoms with Crippen LogP contribution in [0.2, 0.25) is 0 Å². The largest absolute Gasteiger partial charge is 0.372 e. The SMILES string of the molecule is Cc1cc(C)cc(CN2CC3(CCC(CNS(C)(=O)=O)CO3)C2)c1. The predicted molar refractivity (Wildman–Crippen MR) is 95.4 cm³/mol. The molecule has 0 aliphatic carbocycles. The summed E-state index contributed by atoms with van der Waals surface area (Å²) >= 11 is 0. The van der Waals surface area contributed by atoms with Crippen LogP contribution in [0.4, 0.5) is 0 Å². The third-order valence-electron chi connectivity index (χ3n) is 4.98. The quantitative estimate of drug-likeness (QED) is 0.878. The van der Waals surface area contributed by atoms with Crippen LogP contribution in [0.15, 0.2) is 18.2 Å². The van der Waals surface area contributed by atoms with E-state index in [1.54, 1.807) is 0 Å². The van der Waals surface area contributed by atoms with Crippen molar-refractivity contribution in [3.63, 3.8) is 0 Å². The first-order valence-corrected chi connectivity index (χ1v) is 10.5. The van der Waals surface area contributed by atoms with Crippen molar-refractivity contribution in [3.05, 3.63) is 34.9 Å². The molecule has 134 valence electrons. The van der Waals surface area contributed by atoms with Gasteiger partial charge < -0.3 is 4.74 Å². The number of aryl methyl sites for hydroxylation is 2. The lowest BCUT2D eigenvalue weighted by Crippen LogP contribution is -2.64. The fourth-order valence-corrected chi connectivity index (χ4v) is 4.43. The van der Waals surface area contributed by atoms with Crippen LogP contribution in [0.5, 0.6) is 0 Å². The number of hydrogen-bond donors (Lipinski definition) is 1. The first kappa shape index (κ1) is 17.9. The van der Waals surface area contributed by atoms with Crippen molar-refractivity contribution in [1.29, 1.82) is 0 Å². The highest BCUT2D eigenvalue weighted by Crippen LogP contribution is 2.36. The summed E-state index contributed by atoms with van der Waals surface area (Å²) in [7, 11) is -3.11. The number of ether oxygens (including phenoxy) is 1. The van der Waals surface area contributed by atoms with Gasteiger partial charge in [0, 0.05) is 26.2 Å². The third kappa shape index (κ3) is 4.57. The van der Waals surface area contributed by atoms with Crippen molar-refractivity contribution in [2.24, 2.45) is 5.92 Å². The van der Waals surface area contributed by atoms with Crippen molar-refractivity contribution in [1.82, 2.24) is 9.62 Å². The van der Waals surface area contributed by atoms with E-state index >= 15 is 0 Å². The molecular weight excluding hydrogens is 324 g/mol. The second kappa shape index (κ2) is 6.75. The van der Waals surface area contributed by atoms with Crippen molar-refractivity contribution in [3.8, 4) is 0 Å². The van der Waals surface area contributed by atoms with Crippen LogP contribution in [0.1, 0.15) is 29.5 Å². The van der Waals surface area contributed by atoms with Gasteiger partial charge in [0.1, 0.15) is 0 Å². The zero-order valence-corrected chi connectivity index (χ0v) is 15.7. The number of nitrogens with one attached hydrogen (secondary N) is 1. The van der Waals surface area contributed by atoms with Crippen LogP contribution in [0, 0.1) is 19.8 Å². The number of hydrogen-bond acceptors (Lipinski definition) is 4. The molecule has 6 heteroatoms. The highest BCUT2D eigenvalue weighted by Gasteiger charge is 2.46. The van der Waals surface area contributed by atoms with E-state index in [-0.39, 0.29) is 5.60 Å². The molecule has 2 heterocycles. The van der Waals surface area contributed by atoms with Gasteiger partial charge >= 0.3 is 0 Å². The predicted octanol–water partition coefficient (Wildman–Crippen LogP) is 1.83. The van der Waals surface area contributed by atoms with Crippen LogP contribution in [-0.4, -0.2) is 51.4 Å². The van der Waals surface area contributed by atoms with Gasteiger partial charge in [-0.05, 0) is 38.2 Å². The molecule has 1 atom stereocenters. The van der Waals surface area contributed by atoms with Gasteiger partial charge in [0.15, 0.2) is 0 Å². The van der Waals surface area contributed by atoms with Crippen molar-refractivity contribution >= 4 is 10.0 Å². The van der Waals surface area contributed by atoms with Crippen LogP contribution in [-0.2, 0) is 21.3 Å². The molecule has 2 aliphatic heterocycles. The van der Waals surface area contributed by atoms with Gasteiger partial charge in [0.05, 0.1) is 18.5 Å². The average Bonchev–Trinajstić information content (AvgIpc) is 2.43. The second-order valence-electron chi connectivity index (χ2n) is 7.66. The topological polar surface area (TPSA) is 58.6 Å². The van der Waals surface area contributed by atoms with Crippen LogP contribution in [0.25, 0.3) is 0 Å². The number of sulfonamides is 1. The Hall–Kier alpha value is -0.950. The van der Waals surface area contributed by atoms with Gasteiger partial charge in [-0.15, -0.1) is 0 Å². The number of benzene rings is 1. The monoisotopic (exact) mass is 352 g/mol. The summed E-state index contributed by atoms with van der Waals surface area (Å²) in [6, 6.07) is 6.72. The third-order valence-corrected chi connectivity index (χ3v) is 5.67. The molecule has 0 saturated carbocycles. The van der Waals surface area contributed by atoms with Gasteiger partial charge in [0.2, 0.25) is 10.0 Å². The number of likely N-dealkylation sites (tertiary alicyclic amines) is 1. The molecule has 1 aromatic carbocycles. The molecule has 1 spiro atoms. The van der Waals surface area contributed by atoms with E-state index in [1.165, 1.54) is 22.9 Å². The summed E-state index contributed by atoms with van der Waals surface area (Å²) in [5.41, 5.74) is 4.00. The Morgan fingerprint density at radius 2 is 1.92 bits per heavy atom. The zero-order valence-electron chi connectivity index (χ0n) is 14.8. The standard InChI is InChI=1S/C18H28N2O3S/c1-14-6-15(2)8-17(7-14)10-20-12-18(13-20)5-4-16(11-23-18)9-19-24(3,21)22/h6-8,16,19H,4-5,9-13H2,1-3H3. The highest BCUT2D eigenvalue weighted by molar-refractivity contribution is 7.88. The molecule has 1 unspecified atom stereocenters. The molecule has 0 bridgehead atoms. The zero-order chi connectivity index (χ0) is 17.4. The lowest BCUT2D eigenvalue weighted by molar-refractivity contribution is -0.181. The Bertz CT molecular complexity index is 666. The normalized spacial score (nSPS) is 24.0. The molecule has 2 saturated heterocycles. The number of nitrogens with zero attached hydrogens (tertiary/aromatic N) is 1. The summed E-state index contributed by atoms with van der Waals surface area (Å²) in [6.07, 6.45) is 3.25. The fourth-order valence-electron chi connectivity index (χ4n) is 3.90. The van der Waals surface area contributed by atoms with E-state index in [0.29, 0.717) is 19.1 Å². The molecule has 24 heavy (non-hydrogen) atoms.